The topological polar surface area (TPSA) is 63.4 Å². The van der Waals surface area contributed by atoms with E-state index in [0.717, 1.165) is 30.4 Å². The monoisotopic (exact) mass is 284 g/mol. The Morgan fingerprint density at radius 1 is 1.26 bits per heavy atom. The van der Waals surface area contributed by atoms with Crippen LogP contribution in [-0.4, -0.2) is 26.3 Å². The number of hydrogen-bond donors (Lipinski definition) is 1. The van der Waals surface area contributed by atoms with Gasteiger partial charge in [0.1, 0.15) is 0 Å². The van der Waals surface area contributed by atoms with E-state index in [1.54, 1.807) is 19.2 Å². The molecule has 0 amide bonds. The first-order valence-corrected chi connectivity index (χ1v) is 8.14. The van der Waals surface area contributed by atoms with Gasteiger partial charge in [0.05, 0.1) is 4.90 Å². The van der Waals surface area contributed by atoms with Gasteiger partial charge in [0.2, 0.25) is 10.0 Å². The molecule has 0 saturated carbocycles. The second-order valence-corrected chi connectivity index (χ2v) is 6.79. The number of unbranched alkanes of at least 4 members (excludes halogenated alkanes) is 2. The number of hydrogen-bond acceptors (Lipinski definition) is 3. The lowest BCUT2D eigenvalue weighted by atomic mass is 10.1. The lowest BCUT2D eigenvalue weighted by Crippen LogP contribution is -2.28. The zero-order valence-electron chi connectivity index (χ0n) is 12.0. The molecule has 1 aromatic carbocycles. The smallest absolute Gasteiger partial charge is 0.243 e. The Labute approximate surface area is 116 Å². The van der Waals surface area contributed by atoms with Gasteiger partial charge in [0, 0.05) is 20.1 Å². The second kappa shape index (κ2) is 7.03. The van der Waals surface area contributed by atoms with E-state index in [9.17, 15) is 8.42 Å². The van der Waals surface area contributed by atoms with Gasteiger partial charge in [0.15, 0.2) is 0 Å². The molecule has 1 aromatic rings. The van der Waals surface area contributed by atoms with E-state index in [0.29, 0.717) is 18.0 Å². The number of nitrogens with two attached hydrogens (primary N) is 1. The average Bonchev–Trinajstić information content (AvgIpc) is 2.38. The van der Waals surface area contributed by atoms with Crippen molar-refractivity contribution in [3.63, 3.8) is 0 Å². The summed E-state index contributed by atoms with van der Waals surface area (Å²) in [6.07, 6.45) is 3.01. The van der Waals surface area contributed by atoms with Gasteiger partial charge in [-0.3, -0.25) is 0 Å². The lowest BCUT2D eigenvalue weighted by molar-refractivity contribution is 0.454. The van der Waals surface area contributed by atoms with Crippen molar-refractivity contribution in [1.82, 2.24) is 4.31 Å². The number of nitrogens with zero attached hydrogens (tertiary/aromatic N) is 1. The number of benzene rings is 1. The Balaban J connectivity index is 3.00. The van der Waals surface area contributed by atoms with Crippen LogP contribution >= 0.6 is 0 Å². The molecular weight excluding hydrogens is 260 g/mol. The van der Waals surface area contributed by atoms with E-state index in [1.807, 2.05) is 13.0 Å². The highest BCUT2D eigenvalue weighted by molar-refractivity contribution is 7.89. The molecule has 0 bridgehead atoms. The van der Waals surface area contributed by atoms with Crippen LogP contribution in [0.1, 0.15) is 37.3 Å². The first-order chi connectivity index (χ1) is 8.95. The normalized spacial score (nSPS) is 12.1. The van der Waals surface area contributed by atoms with Gasteiger partial charge < -0.3 is 5.73 Å². The summed E-state index contributed by atoms with van der Waals surface area (Å²) in [6, 6.07) is 5.27. The van der Waals surface area contributed by atoms with Gasteiger partial charge >= 0.3 is 0 Å². The molecule has 0 atom stereocenters. The van der Waals surface area contributed by atoms with Crippen LogP contribution in [0.3, 0.4) is 0 Å². The van der Waals surface area contributed by atoms with Gasteiger partial charge in [-0.25, -0.2) is 12.7 Å². The van der Waals surface area contributed by atoms with Crippen LogP contribution in [-0.2, 0) is 16.6 Å². The highest BCUT2D eigenvalue weighted by atomic mass is 32.2. The zero-order valence-corrected chi connectivity index (χ0v) is 12.8. The molecule has 1 rings (SSSR count). The van der Waals surface area contributed by atoms with Crippen LogP contribution < -0.4 is 5.73 Å². The van der Waals surface area contributed by atoms with Gasteiger partial charge in [-0.1, -0.05) is 31.9 Å². The molecule has 0 spiro atoms. The summed E-state index contributed by atoms with van der Waals surface area (Å²) in [4.78, 5) is 0.370. The number of rotatable bonds is 7. The Bertz CT molecular complexity index is 512. The molecule has 0 heterocycles. The molecule has 19 heavy (non-hydrogen) atoms. The Morgan fingerprint density at radius 2 is 1.95 bits per heavy atom. The third-order valence-corrected chi connectivity index (χ3v) is 5.38. The molecular formula is C14H24N2O2S. The van der Waals surface area contributed by atoms with Crippen molar-refractivity contribution in [2.45, 2.75) is 44.6 Å². The third kappa shape index (κ3) is 3.78. The summed E-state index contributed by atoms with van der Waals surface area (Å²) < 4.78 is 26.4. The fourth-order valence-electron chi connectivity index (χ4n) is 2.03. The first kappa shape index (κ1) is 16.1. The summed E-state index contributed by atoms with van der Waals surface area (Å²) in [6.45, 7) is 4.83. The van der Waals surface area contributed by atoms with Crippen molar-refractivity contribution in [2.24, 2.45) is 5.73 Å². The molecule has 0 aliphatic heterocycles. The summed E-state index contributed by atoms with van der Waals surface area (Å²) in [5, 5.41) is 0. The molecule has 0 fully saturated rings. The maximum Gasteiger partial charge on any atom is 0.243 e. The van der Waals surface area contributed by atoms with Gasteiger partial charge in [-0.05, 0) is 30.5 Å². The maximum atomic E-state index is 12.5. The van der Waals surface area contributed by atoms with Crippen LogP contribution in [0.2, 0.25) is 0 Å². The van der Waals surface area contributed by atoms with Gasteiger partial charge in [0.25, 0.3) is 0 Å². The van der Waals surface area contributed by atoms with E-state index in [1.165, 1.54) is 4.31 Å². The predicted molar refractivity (Wildman–Crippen MR) is 78.4 cm³/mol. The molecule has 0 aliphatic carbocycles. The summed E-state index contributed by atoms with van der Waals surface area (Å²) >= 11 is 0. The van der Waals surface area contributed by atoms with E-state index in [-0.39, 0.29) is 0 Å². The van der Waals surface area contributed by atoms with Crippen molar-refractivity contribution in [2.75, 3.05) is 13.6 Å². The molecule has 2 N–H and O–H groups in total. The van der Waals surface area contributed by atoms with Crippen molar-refractivity contribution < 1.29 is 8.42 Å². The first-order valence-electron chi connectivity index (χ1n) is 6.70. The van der Waals surface area contributed by atoms with Crippen LogP contribution in [0.5, 0.6) is 0 Å². The van der Waals surface area contributed by atoms with Crippen LogP contribution in [0.15, 0.2) is 23.1 Å². The standard InChI is InChI=1S/C14H24N2O2S/c1-4-5-6-10-16(3)19(17,18)14-9-7-8-13(11-15)12(14)2/h7-9H,4-6,10-11,15H2,1-3H3. The van der Waals surface area contributed by atoms with E-state index < -0.39 is 10.0 Å². The molecule has 0 aliphatic rings. The van der Waals surface area contributed by atoms with E-state index >= 15 is 0 Å². The highest BCUT2D eigenvalue weighted by Gasteiger charge is 2.22. The highest BCUT2D eigenvalue weighted by Crippen LogP contribution is 2.22. The minimum absolute atomic E-state index is 0.356. The van der Waals surface area contributed by atoms with Crippen molar-refractivity contribution in [3.05, 3.63) is 29.3 Å². The Morgan fingerprint density at radius 3 is 2.53 bits per heavy atom. The van der Waals surface area contributed by atoms with Crippen molar-refractivity contribution in [1.29, 1.82) is 0 Å². The van der Waals surface area contributed by atoms with Crippen LogP contribution in [0, 0.1) is 6.92 Å². The van der Waals surface area contributed by atoms with Crippen molar-refractivity contribution >= 4 is 10.0 Å². The minimum atomic E-state index is -3.40. The fraction of sp³-hybridized carbons (Fsp3) is 0.571. The van der Waals surface area contributed by atoms with Gasteiger partial charge in [-0.2, -0.15) is 0 Å². The van der Waals surface area contributed by atoms with Gasteiger partial charge in [-0.15, -0.1) is 0 Å². The molecule has 108 valence electrons. The average molecular weight is 284 g/mol. The molecule has 5 heteroatoms. The maximum absolute atomic E-state index is 12.5. The van der Waals surface area contributed by atoms with Crippen LogP contribution in [0.4, 0.5) is 0 Å². The molecule has 0 unspecified atom stereocenters. The Hall–Kier alpha value is -0.910. The predicted octanol–water partition coefficient (Wildman–Crippen LogP) is 2.26. The summed E-state index contributed by atoms with van der Waals surface area (Å²) in [5.41, 5.74) is 7.26. The van der Waals surface area contributed by atoms with Crippen molar-refractivity contribution in [3.8, 4) is 0 Å². The molecule has 4 nitrogen and oxygen atoms in total. The quantitative estimate of drug-likeness (QED) is 0.781. The molecule has 0 saturated heterocycles. The largest absolute Gasteiger partial charge is 0.326 e. The third-order valence-electron chi connectivity index (χ3n) is 3.38. The minimum Gasteiger partial charge on any atom is -0.326 e. The lowest BCUT2D eigenvalue weighted by Gasteiger charge is -2.19. The fourth-order valence-corrected chi connectivity index (χ4v) is 3.51. The summed E-state index contributed by atoms with van der Waals surface area (Å²) in [7, 11) is -1.77. The van der Waals surface area contributed by atoms with E-state index in [4.69, 9.17) is 5.73 Å². The SMILES string of the molecule is CCCCCN(C)S(=O)(=O)c1cccc(CN)c1C. The summed E-state index contributed by atoms with van der Waals surface area (Å²) in [5.74, 6) is 0. The Kier molecular flexibility index (Phi) is 5.97. The van der Waals surface area contributed by atoms with Crippen LogP contribution in [0.25, 0.3) is 0 Å². The molecule has 0 aromatic heterocycles. The molecule has 0 radical (unpaired) electrons. The second-order valence-electron chi connectivity index (χ2n) is 4.78. The van der Waals surface area contributed by atoms with E-state index in [2.05, 4.69) is 6.92 Å². The zero-order chi connectivity index (χ0) is 14.5. The number of sulfonamides is 1.